The van der Waals surface area contributed by atoms with Gasteiger partial charge in [0.05, 0.1) is 6.10 Å². The van der Waals surface area contributed by atoms with Crippen LogP contribution in [0.1, 0.15) is 37.3 Å². The summed E-state index contributed by atoms with van der Waals surface area (Å²) in [5.41, 5.74) is 6.99. The van der Waals surface area contributed by atoms with Crippen LogP contribution in [0.5, 0.6) is 0 Å². The monoisotopic (exact) mass is 310 g/mol. The summed E-state index contributed by atoms with van der Waals surface area (Å²) in [6.45, 7) is 5.31. The number of piperidine rings is 1. The molecule has 0 saturated carbocycles. The molecule has 21 heavy (non-hydrogen) atoms. The van der Waals surface area contributed by atoms with E-state index in [0.29, 0.717) is 17.1 Å². The highest BCUT2D eigenvalue weighted by Crippen LogP contribution is 2.19. The molecule has 1 aromatic rings. The maximum atomic E-state index is 13.9. The van der Waals surface area contributed by atoms with Crippen LogP contribution < -0.4 is 5.73 Å². The molecule has 1 aliphatic rings. The molecular weight excluding hydrogens is 287 g/mol. The first kappa shape index (κ1) is 16.3. The highest BCUT2D eigenvalue weighted by molar-refractivity contribution is 7.80. The van der Waals surface area contributed by atoms with Crippen LogP contribution in [0.15, 0.2) is 18.2 Å². The number of hydrogen-bond donors (Lipinski definition) is 1. The van der Waals surface area contributed by atoms with E-state index in [1.807, 2.05) is 0 Å². The minimum absolute atomic E-state index is 0.202. The Bertz CT molecular complexity index is 495. The summed E-state index contributed by atoms with van der Waals surface area (Å²) in [7, 11) is 0. The molecule has 1 saturated heterocycles. The lowest BCUT2D eigenvalue weighted by Gasteiger charge is -2.32. The van der Waals surface area contributed by atoms with E-state index in [0.717, 1.165) is 44.5 Å². The third-order valence-electron chi connectivity index (χ3n) is 3.74. The summed E-state index contributed by atoms with van der Waals surface area (Å²) in [6.07, 6.45) is 3.47. The normalized spacial score (nSPS) is 19.6. The lowest BCUT2D eigenvalue weighted by Crippen LogP contribution is -2.39. The summed E-state index contributed by atoms with van der Waals surface area (Å²) in [4.78, 5) is 2.55. The summed E-state index contributed by atoms with van der Waals surface area (Å²) in [5, 5.41) is 0. The average Bonchev–Trinajstić information content (AvgIpc) is 2.47. The number of halogens is 1. The minimum atomic E-state index is -0.202. The maximum absolute atomic E-state index is 13.9. The largest absolute Gasteiger partial charge is 0.389 e. The zero-order valence-electron chi connectivity index (χ0n) is 12.5. The Kier molecular flexibility index (Phi) is 6.08. The van der Waals surface area contributed by atoms with Crippen LogP contribution in [0.25, 0.3) is 0 Å². The molecule has 0 radical (unpaired) electrons. The fraction of sp³-hybridized carbons (Fsp3) is 0.562. The van der Waals surface area contributed by atoms with Crippen LogP contribution >= 0.6 is 12.2 Å². The van der Waals surface area contributed by atoms with Crippen molar-refractivity contribution in [2.75, 3.05) is 19.7 Å². The van der Waals surface area contributed by atoms with Gasteiger partial charge in [0.1, 0.15) is 10.8 Å². The molecule has 5 heteroatoms. The highest BCUT2D eigenvalue weighted by Gasteiger charge is 2.21. The van der Waals surface area contributed by atoms with Crippen molar-refractivity contribution in [3.05, 3.63) is 35.1 Å². The Hall–Kier alpha value is -1.04. The van der Waals surface area contributed by atoms with Gasteiger partial charge in [-0.1, -0.05) is 19.1 Å². The second-order valence-electron chi connectivity index (χ2n) is 5.54. The van der Waals surface area contributed by atoms with Gasteiger partial charge in [-0.25, -0.2) is 4.39 Å². The van der Waals surface area contributed by atoms with Gasteiger partial charge in [-0.05, 0) is 44.0 Å². The predicted octanol–water partition coefficient (Wildman–Crippen LogP) is 2.85. The van der Waals surface area contributed by atoms with Crippen molar-refractivity contribution in [2.24, 2.45) is 5.73 Å². The number of rotatable bonds is 6. The van der Waals surface area contributed by atoms with Crippen LogP contribution in [-0.2, 0) is 11.3 Å². The summed E-state index contributed by atoms with van der Waals surface area (Å²) in [6, 6.07) is 4.83. The third kappa shape index (κ3) is 4.73. The van der Waals surface area contributed by atoms with Gasteiger partial charge in [-0.3, -0.25) is 4.90 Å². The Morgan fingerprint density at radius 2 is 2.33 bits per heavy atom. The molecule has 0 amide bonds. The van der Waals surface area contributed by atoms with E-state index >= 15 is 0 Å². The molecule has 1 heterocycles. The quantitative estimate of drug-likeness (QED) is 0.820. The molecule has 1 aliphatic heterocycles. The standard InChI is InChI=1S/C16H23FN2OS/c1-2-8-20-14-4-3-7-19(11-14)10-13-9-12(16(18)21)5-6-15(13)17/h5-6,9,14H,2-4,7-8,10-11H2,1H3,(H2,18,21). The summed E-state index contributed by atoms with van der Waals surface area (Å²) in [5.74, 6) is -0.202. The van der Waals surface area contributed by atoms with Gasteiger partial charge in [-0.2, -0.15) is 0 Å². The SMILES string of the molecule is CCCOC1CCCN(Cc2cc(C(N)=S)ccc2F)C1. The zero-order chi connectivity index (χ0) is 15.2. The topological polar surface area (TPSA) is 38.5 Å². The Balaban J connectivity index is 2.00. The van der Waals surface area contributed by atoms with Gasteiger partial charge in [-0.15, -0.1) is 0 Å². The number of nitrogens with zero attached hydrogens (tertiary/aromatic N) is 1. The molecule has 1 aromatic carbocycles. The van der Waals surface area contributed by atoms with Crippen molar-refractivity contribution < 1.29 is 9.13 Å². The van der Waals surface area contributed by atoms with Crippen molar-refractivity contribution in [3.8, 4) is 0 Å². The summed E-state index contributed by atoms with van der Waals surface area (Å²) < 4.78 is 19.8. The second-order valence-corrected chi connectivity index (χ2v) is 5.98. The third-order valence-corrected chi connectivity index (χ3v) is 3.98. The fourth-order valence-corrected chi connectivity index (χ4v) is 2.79. The predicted molar refractivity (Wildman–Crippen MR) is 86.8 cm³/mol. The summed E-state index contributed by atoms with van der Waals surface area (Å²) >= 11 is 4.96. The van der Waals surface area contributed by atoms with Crippen LogP contribution in [-0.4, -0.2) is 35.7 Å². The van der Waals surface area contributed by atoms with Crippen molar-refractivity contribution in [1.29, 1.82) is 0 Å². The molecule has 116 valence electrons. The van der Waals surface area contributed by atoms with Crippen molar-refractivity contribution in [2.45, 2.75) is 38.8 Å². The van der Waals surface area contributed by atoms with E-state index in [-0.39, 0.29) is 11.9 Å². The molecule has 3 nitrogen and oxygen atoms in total. The number of likely N-dealkylation sites (tertiary alicyclic amines) is 1. The van der Waals surface area contributed by atoms with Gasteiger partial charge in [0.25, 0.3) is 0 Å². The first-order valence-corrected chi connectivity index (χ1v) is 7.93. The van der Waals surface area contributed by atoms with Crippen molar-refractivity contribution >= 4 is 17.2 Å². The van der Waals surface area contributed by atoms with Gasteiger partial charge in [0, 0.05) is 30.8 Å². The number of thiocarbonyl (C=S) groups is 1. The second kappa shape index (κ2) is 7.82. The van der Waals surface area contributed by atoms with E-state index in [1.54, 1.807) is 12.1 Å². The molecule has 2 N–H and O–H groups in total. The highest BCUT2D eigenvalue weighted by atomic mass is 32.1. The molecule has 0 spiro atoms. The Morgan fingerprint density at radius 1 is 1.52 bits per heavy atom. The first-order valence-electron chi connectivity index (χ1n) is 7.52. The van der Waals surface area contributed by atoms with E-state index in [9.17, 15) is 4.39 Å². The maximum Gasteiger partial charge on any atom is 0.127 e. The van der Waals surface area contributed by atoms with Gasteiger partial charge in [0.15, 0.2) is 0 Å². The van der Waals surface area contributed by atoms with E-state index in [1.165, 1.54) is 6.07 Å². The van der Waals surface area contributed by atoms with E-state index in [4.69, 9.17) is 22.7 Å². The molecular formula is C16H23FN2OS. The lowest BCUT2D eigenvalue weighted by molar-refractivity contribution is -0.00247. The van der Waals surface area contributed by atoms with Crippen molar-refractivity contribution in [1.82, 2.24) is 4.90 Å². The number of hydrogen-bond acceptors (Lipinski definition) is 3. The number of benzene rings is 1. The zero-order valence-corrected chi connectivity index (χ0v) is 13.3. The molecule has 0 aromatic heterocycles. The average molecular weight is 310 g/mol. The molecule has 2 rings (SSSR count). The number of ether oxygens (including phenoxy) is 1. The molecule has 0 bridgehead atoms. The van der Waals surface area contributed by atoms with E-state index < -0.39 is 0 Å². The number of nitrogens with two attached hydrogens (primary N) is 1. The van der Waals surface area contributed by atoms with Gasteiger partial charge in [0.2, 0.25) is 0 Å². The minimum Gasteiger partial charge on any atom is -0.389 e. The molecule has 1 fully saturated rings. The smallest absolute Gasteiger partial charge is 0.127 e. The van der Waals surface area contributed by atoms with Crippen LogP contribution in [0.3, 0.4) is 0 Å². The van der Waals surface area contributed by atoms with Crippen LogP contribution in [0, 0.1) is 5.82 Å². The van der Waals surface area contributed by atoms with Crippen molar-refractivity contribution in [3.63, 3.8) is 0 Å². The van der Waals surface area contributed by atoms with Crippen LogP contribution in [0.4, 0.5) is 4.39 Å². The fourth-order valence-electron chi connectivity index (χ4n) is 2.67. The van der Waals surface area contributed by atoms with Gasteiger partial charge < -0.3 is 10.5 Å². The Morgan fingerprint density at radius 3 is 3.05 bits per heavy atom. The van der Waals surface area contributed by atoms with Gasteiger partial charge >= 0.3 is 0 Å². The van der Waals surface area contributed by atoms with E-state index in [2.05, 4.69) is 11.8 Å². The molecule has 0 aliphatic carbocycles. The van der Waals surface area contributed by atoms with Crippen LogP contribution in [0.2, 0.25) is 0 Å². The lowest BCUT2D eigenvalue weighted by atomic mass is 10.1. The Labute approximate surface area is 131 Å². The first-order chi connectivity index (χ1) is 10.1. The molecule has 1 unspecified atom stereocenters. The molecule has 1 atom stereocenters.